The molecule has 0 saturated carbocycles. The SMILES string of the molecule is C1=C(c2ccccc2)N=C(c2ccccc2)C1.CC.CC.CC. The van der Waals surface area contributed by atoms with Crippen LogP contribution < -0.4 is 0 Å². The molecule has 0 saturated heterocycles. The first-order valence-corrected chi connectivity index (χ1v) is 8.82. The van der Waals surface area contributed by atoms with Gasteiger partial charge in [0.25, 0.3) is 0 Å². The number of hydrogen-bond acceptors (Lipinski definition) is 1. The molecule has 0 bridgehead atoms. The van der Waals surface area contributed by atoms with Crippen molar-refractivity contribution >= 4 is 11.4 Å². The van der Waals surface area contributed by atoms with Gasteiger partial charge in [-0.1, -0.05) is 108 Å². The molecule has 0 unspecified atom stereocenters. The molecule has 0 aromatic heterocycles. The van der Waals surface area contributed by atoms with Crippen molar-refractivity contribution in [2.75, 3.05) is 0 Å². The summed E-state index contributed by atoms with van der Waals surface area (Å²) in [6, 6.07) is 20.7. The number of nitrogens with zero attached hydrogens (tertiary/aromatic N) is 1. The van der Waals surface area contributed by atoms with Crippen LogP contribution in [0.1, 0.15) is 59.1 Å². The van der Waals surface area contributed by atoms with Crippen LogP contribution in [-0.2, 0) is 0 Å². The minimum Gasteiger partial charge on any atom is -0.252 e. The smallest absolute Gasteiger partial charge is 0.0669 e. The van der Waals surface area contributed by atoms with E-state index >= 15 is 0 Å². The second kappa shape index (κ2) is 13.5. The molecule has 1 heteroatoms. The van der Waals surface area contributed by atoms with Gasteiger partial charge in [-0.2, -0.15) is 0 Å². The van der Waals surface area contributed by atoms with Crippen molar-refractivity contribution in [3.8, 4) is 0 Å². The van der Waals surface area contributed by atoms with E-state index in [-0.39, 0.29) is 0 Å². The van der Waals surface area contributed by atoms with Gasteiger partial charge in [-0.05, 0) is 11.1 Å². The fraction of sp³-hybridized carbons (Fsp3) is 0.318. The fourth-order valence-electron chi connectivity index (χ4n) is 2.03. The van der Waals surface area contributed by atoms with Crippen LogP contribution in [0, 0.1) is 0 Å². The molecule has 0 fully saturated rings. The summed E-state index contributed by atoms with van der Waals surface area (Å²) >= 11 is 0. The van der Waals surface area contributed by atoms with Crippen LogP contribution >= 0.6 is 0 Å². The van der Waals surface area contributed by atoms with Crippen LogP contribution in [-0.4, -0.2) is 5.71 Å². The summed E-state index contributed by atoms with van der Waals surface area (Å²) in [5, 5.41) is 0. The highest BCUT2D eigenvalue weighted by atomic mass is 14.8. The molecular formula is C22H31N. The Balaban J connectivity index is 0.000000728. The van der Waals surface area contributed by atoms with Gasteiger partial charge in [-0.25, -0.2) is 0 Å². The van der Waals surface area contributed by atoms with E-state index in [1.165, 1.54) is 11.1 Å². The maximum Gasteiger partial charge on any atom is 0.0669 e. The second-order valence-corrected chi connectivity index (χ2v) is 4.08. The third-order valence-electron chi connectivity index (χ3n) is 2.92. The Morgan fingerprint density at radius 2 is 1.04 bits per heavy atom. The molecule has 124 valence electrons. The van der Waals surface area contributed by atoms with Crippen LogP contribution in [0.2, 0.25) is 0 Å². The predicted molar refractivity (Wildman–Crippen MR) is 106 cm³/mol. The summed E-state index contributed by atoms with van der Waals surface area (Å²) < 4.78 is 0. The van der Waals surface area contributed by atoms with Gasteiger partial charge in [0.05, 0.1) is 11.4 Å². The highest BCUT2D eigenvalue weighted by Gasteiger charge is 2.11. The maximum absolute atomic E-state index is 4.71. The van der Waals surface area contributed by atoms with Gasteiger partial charge in [0.1, 0.15) is 0 Å². The van der Waals surface area contributed by atoms with Gasteiger partial charge in [0.2, 0.25) is 0 Å². The predicted octanol–water partition coefficient (Wildman–Crippen LogP) is 7.00. The van der Waals surface area contributed by atoms with Crippen molar-refractivity contribution in [1.82, 2.24) is 0 Å². The second-order valence-electron chi connectivity index (χ2n) is 4.08. The van der Waals surface area contributed by atoms with Crippen LogP contribution in [0.25, 0.3) is 5.70 Å². The van der Waals surface area contributed by atoms with Gasteiger partial charge >= 0.3 is 0 Å². The zero-order chi connectivity index (χ0) is 17.5. The van der Waals surface area contributed by atoms with Crippen molar-refractivity contribution in [3.63, 3.8) is 0 Å². The lowest BCUT2D eigenvalue weighted by atomic mass is 10.1. The van der Waals surface area contributed by atoms with Gasteiger partial charge < -0.3 is 0 Å². The monoisotopic (exact) mass is 309 g/mol. The topological polar surface area (TPSA) is 12.4 Å². The average molecular weight is 309 g/mol. The summed E-state index contributed by atoms with van der Waals surface area (Å²) in [5.74, 6) is 0. The molecule has 1 aliphatic rings. The summed E-state index contributed by atoms with van der Waals surface area (Å²) in [4.78, 5) is 4.71. The van der Waals surface area contributed by atoms with Gasteiger partial charge in [-0.3, -0.25) is 4.99 Å². The minimum absolute atomic E-state index is 0.925. The Hall–Kier alpha value is -2.15. The molecule has 1 nitrogen and oxygen atoms in total. The molecule has 2 aromatic rings. The summed E-state index contributed by atoms with van der Waals surface area (Å²) in [6.07, 6.45) is 3.12. The Morgan fingerprint density at radius 3 is 1.52 bits per heavy atom. The summed E-state index contributed by atoms with van der Waals surface area (Å²) in [7, 11) is 0. The van der Waals surface area contributed by atoms with Gasteiger partial charge in [0.15, 0.2) is 0 Å². The van der Waals surface area contributed by atoms with E-state index in [1.807, 2.05) is 65.8 Å². The molecule has 2 aromatic carbocycles. The third-order valence-corrected chi connectivity index (χ3v) is 2.92. The summed E-state index contributed by atoms with van der Waals surface area (Å²) in [5.41, 5.74) is 4.65. The van der Waals surface area contributed by atoms with E-state index in [0.29, 0.717) is 0 Å². The zero-order valence-electron chi connectivity index (χ0n) is 15.5. The number of aliphatic imine (C=N–C) groups is 1. The van der Waals surface area contributed by atoms with E-state index in [1.54, 1.807) is 0 Å². The van der Waals surface area contributed by atoms with Crippen molar-refractivity contribution in [1.29, 1.82) is 0 Å². The Morgan fingerprint density at radius 1 is 0.609 bits per heavy atom. The number of allylic oxidation sites excluding steroid dienone is 1. The largest absolute Gasteiger partial charge is 0.252 e. The van der Waals surface area contributed by atoms with Gasteiger partial charge in [0, 0.05) is 6.42 Å². The van der Waals surface area contributed by atoms with E-state index < -0.39 is 0 Å². The van der Waals surface area contributed by atoms with Crippen molar-refractivity contribution in [2.24, 2.45) is 4.99 Å². The number of hydrogen-bond donors (Lipinski definition) is 0. The van der Waals surface area contributed by atoms with Crippen LogP contribution in [0.5, 0.6) is 0 Å². The molecule has 3 rings (SSSR count). The highest BCUT2D eigenvalue weighted by molar-refractivity contribution is 6.07. The molecule has 23 heavy (non-hydrogen) atoms. The molecule has 0 amide bonds. The first kappa shape index (κ1) is 20.9. The Labute approximate surface area is 142 Å². The molecule has 0 aliphatic carbocycles. The molecule has 1 heterocycles. The summed E-state index contributed by atoms with van der Waals surface area (Å²) in [6.45, 7) is 12.0. The lowest BCUT2D eigenvalue weighted by molar-refractivity contribution is 1.49. The third kappa shape index (κ3) is 6.65. The highest BCUT2D eigenvalue weighted by Crippen LogP contribution is 2.24. The zero-order valence-corrected chi connectivity index (χ0v) is 15.5. The van der Waals surface area contributed by atoms with Gasteiger partial charge in [-0.15, -0.1) is 0 Å². The average Bonchev–Trinajstić information content (AvgIpc) is 3.18. The normalized spacial score (nSPS) is 11.4. The maximum atomic E-state index is 4.71. The first-order valence-electron chi connectivity index (χ1n) is 8.82. The van der Waals surface area contributed by atoms with Crippen molar-refractivity contribution in [3.05, 3.63) is 77.9 Å². The lowest BCUT2D eigenvalue weighted by Gasteiger charge is -2.00. The number of benzene rings is 2. The number of rotatable bonds is 2. The Kier molecular flexibility index (Phi) is 12.2. The fourth-order valence-corrected chi connectivity index (χ4v) is 2.03. The molecular weight excluding hydrogens is 278 g/mol. The van der Waals surface area contributed by atoms with E-state index in [2.05, 4.69) is 42.5 Å². The first-order chi connectivity index (χ1) is 11.4. The van der Waals surface area contributed by atoms with Crippen LogP contribution in [0.3, 0.4) is 0 Å². The van der Waals surface area contributed by atoms with E-state index in [4.69, 9.17) is 4.99 Å². The molecule has 0 N–H and O–H groups in total. The standard InChI is InChI=1S/C16H13N.3C2H6/c1-3-7-13(8-4-1)15-11-12-16(17-15)14-9-5-2-6-10-14;3*1-2/h1-11H,12H2;3*1-2H3. The van der Waals surface area contributed by atoms with E-state index in [9.17, 15) is 0 Å². The lowest BCUT2D eigenvalue weighted by Crippen LogP contribution is -1.94. The minimum atomic E-state index is 0.925. The van der Waals surface area contributed by atoms with Crippen LogP contribution in [0.15, 0.2) is 71.7 Å². The van der Waals surface area contributed by atoms with E-state index in [0.717, 1.165) is 17.8 Å². The Bertz CT molecular complexity index is 565. The van der Waals surface area contributed by atoms with Crippen molar-refractivity contribution in [2.45, 2.75) is 48.0 Å². The molecule has 1 aliphatic heterocycles. The van der Waals surface area contributed by atoms with Crippen LogP contribution in [0.4, 0.5) is 0 Å². The molecule has 0 radical (unpaired) electrons. The van der Waals surface area contributed by atoms with Crippen molar-refractivity contribution < 1.29 is 0 Å². The molecule has 0 spiro atoms. The molecule has 0 atom stereocenters. The quantitative estimate of drug-likeness (QED) is 0.566.